The van der Waals surface area contributed by atoms with Crippen LogP contribution in [-0.2, 0) is 0 Å². The summed E-state index contributed by atoms with van der Waals surface area (Å²) in [6, 6.07) is 0. The summed E-state index contributed by atoms with van der Waals surface area (Å²) in [5, 5.41) is 43.8. The molecule has 0 amide bonds. The third-order valence-corrected chi connectivity index (χ3v) is 2.99. The zero-order chi connectivity index (χ0) is 13.3. The minimum atomic E-state index is -0.972. The predicted octanol–water partition coefficient (Wildman–Crippen LogP) is -0.217. The minimum absolute atomic E-state index is 0.366. The van der Waals surface area contributed by atoms with Gasteiger partial charge >= 0.3 is 0 Å². The average Bonchev–Trinajstić information content (AvgIpc) is 2.53. The van der Waals surface area contributed by atoms with Gasteiger partial charge in [0.25, 0.3) is 0 Å². The fraction of sp³-hybridized carbons (Fsp3) is 1.00. The van der Waals surface area contributed by atoms with Gasteiger partial charge in [0.15, 0.2) is 0 Å². The largest absolute Gasteiger partial charge is 0.394 e. The molecule has 1 saturated carbocycles. The molecule has 1 fully saturated rings. The normalized spacial score (nSPS) is 28.6. The van der Waals surface area contributed by atoms with E-state index >= 15 is 0 Å². The van der Waals surface area contributed by atoms with Crippen molar-refractivity contribution in [1.29, 1.82) is 0 Å². The van der Waals surface area contributed by atoms with Crippen molar-refractivity contribution in [2.75, 3.05) is 6.61 Å². The van der Waals surface area contributed by atoms with E-state index in [2.05, 4.69) is 0 Å². The van der Waals surface area contributed by atoms with Crippen LogP contribution in [0.2, 0.25) is 0 Å². The Labute approximate surface area is 103 Å². The van der Waals surface area contributed by atoms with Crippen LogP contribution in [0.3, 0.4) is 0 Å². The van der Waals surface area contributed by atoms with E-state index in [4.69, 9.17) is 25.5 Å². The molecule has 0 aliphatic heterocycles. The lowest BCUT2D eigenvalue weighted by atomic mass is 10.1. The van der Waals surface area contributed by atoms with Crippen LogP contribution in [0.1, 0.15) is 45.4 Å². The highest BCUT2D eigenvalue weighted by molar-refractivity contribution is 4.70. The number of rotatable bonds is 3. The van der Waals surface area contributed by atoms with Crippen molar-refractivity contribution in [3.05, 3.63) is 0 Å². The van der Waals surface area contributed by atoms with Gasteiger partial charge in [-0.2, -0.15) is 0 Å². The molecule has 1 rings (SSSR count). The number of hydrogen-bond acceptors (Lipinski definition) is 5. The van der Waals surface area contributed by atoms with Gasteiger partial charge in [0.05, 0.1) is 24.9 Å². The molecule has 5 nitrogen and oxygen atoms in total. The highest BCUT2D eigenvalue weighted by atomic mass is 16.4. The first-order valence-corrected chi connectivity index (χ1v) is 6.36. The summed E-state index contributed by atoms with van der Waals surface area (Å²) in [5.41, 5.74) is 0. The fourth-order valence-electron chi connectivity index (χ4n) is 1.66. The van der Waals surface area contributed by atoms with E-state index in [-0.39, 0.29) is 6.61 Å². The average molecular weight is 250 g/mol. The lowest BCUT2D eigenvalue weighted by Gasteiger charge is -2.12. The molecule has 4 atom stereocenters. The van der Waals surface area contributed by atoms with Crippen LogP contribution in [0.25, 0.3) is 0 Å². The Morgan fingerprint density at radius 1 is 0.941 bits per heavy atom. The van der Waals surface area contributed by atoms with Crippen molar-refractivity contribution >= 4 is 0 Å². The van der Waals surface area contributed by atoms with Gasteiger partial charge in [-0.05, 0) is 19.3 Å². The highest BCUT2D eigenvalue weighted by Crippen LogP contribution is 2.17. The number of hydrogen-bond donors (Lipinski definition) is 5. The molecule has 1 aliphatic rings. The molecule has 0 bridgehead atoms. The molecule has 0 spiro atoms. The third kappa shape index (κ3) is 7.68. The predicted molar refractivity (Wildman–Crippen MR) is 64.5 cm³/mol. The van der Waals surface area contributed by atoms with Gasteiger partial charge in [0.1, 0.15) is 6.10 Å². The summed E-state index contributed by atoms with van der Waals surface area (Å²) in [5.74, 6) is 0. The van der Waals surface area contributed by atoms with E-state index in [1.807, 2.05) is 0 Å². The second kappa shape index (κ2) is 9.79. The SMILES string of the molecule is CCC(O)C(O)CO.OC1CCCCCC1O. The van der Waals surface area contributed by atoms with Crippen LogP contribution >= 0.6 is 0 Å². The molecule has 0 saturated heterocycles. The quantitative estimate of drug-likeness (QED) is 0.446. The molecule has 0 aromatic rings. The van der Waals surface area contributed by atoms with Gasteiger partial charge in [0, 0.05) is 0 Å². The van der Waals surface area contributed by atoms with E-state index in [9.17, 15) is 0 Å². The summed E-state index contributed by atoms with van der Waals surface area (Å²) in [6.45, 7) is 1.37. The monoisotopic (exact) mass is 250 g/mol. The topological polar surface area (TPSA) is 101 Å². The molecule has 5 heteroatoms. The summed E-state index contributed by atoms with van der Waals surface area (Å²) in [7, 11) is 0. The maximum absolute atomic E-state index is 9.11. The van der Waals surface area contributed by atoms with Gasteiger partial charge < -0.3 is 25.5 Å². The van der Waals surface area contributed by atoms with E-state index in [1.54, 1.807) is 6.92 Å². The molecule has 0 heterocycles. The minimum Gasteiger partial charge on any atom is -0.394 e. The fourth-order valence-corrected chi connectivity index (χ4v) is 1.66. The Kier molecular flexibility index (Phi) is 9.68. The molecule has 1 aliphatic carbocycles. The Morgan fingerprint density at radius 3 is 1.71 bits per heavy atom. The second-order valence-electron chi connectivity index (χ2n) is 4.50. The summed E-state index contributed by atoms with van der Waals surface area (Å²) >= 11 is 0. The van der Waals surface area contributed by atoms with E-state index in [1.165, 1.54) is 0 Å². The number of aliphatic hydroxyl groups is 5. The lowest BCUT2D eigenvalue weighted by Crippen LogP contribution is -2.28. The van der Waals surface area contributed by atoms with Gasteiger partial charge in [-0.1, -0.05) is 26.2 Å². The van der Waals surface area contributed by atoms with Crippen LogP contribution in [0.5, 0.6) is 0 Å². The van der Waals surface area contributed by atoms with E-state index in [0.717, 1.165) is 32.1 Å². The number of aliphatic hydroxyl groups excluding tert-OH is 5. The molecule has 104 valence electrons. The molecule has 17 heavy (non-hydrogen) atoms. The zero-order valence-electron chi connectivity index (χ0n) is 10.5. The maximum atomic E-state index is 9.11. The Balaban J connectivity index is 0.000000304. The van der Waals surface area contributed by atoms with Crippen LogP contribution in [0.15, 0.2) is 0 Å². The lowest BCUT2D eigenvalue weighted by molar-refractivity contribution is -0.0151. The first-order chi connectivity index (χ1) is 8.02. The molecule has 4 unspecified atom stereocenters. The van der Waals surface area contributed by atoms with Crippen molar-refractivity contribution in [1.82, 2.24) is 0 Å². The Hall–Kier alpha value is -0.200. The van der Waals surface area contributed by atoms with Gasteiger partial charge in [-0.25, -0.2) is 0 Å². The van der Waals surface area contributed by atoms with Crippen molar-refractivity contribution in [2.24, 2.45) is 0 Å². The Bertz CT molecular complexity index is 158. The van der Waals surface area contributed by atoms with Crippen molar-refractivity contribution in [3.63, 3.8) is 0 Å². The third-order valence-electron chi connectivity index (χ3n) is 2.99. The highest BCUT2D eigenvalue weighted by Gasteiger charge is 2.17. The first kappa shape index (κ1) is 16.8. The molecule has 0 aromatic carbocycles. The van der Waals surface area contributed by atoms with Gasteiger partial charge in [-0.3, -0.25) is 0 Å². The van der Waals surface area contributed by atoms with E-state index in [0.29, 0.717) is 6.42 Å². The molecule has 5 N–H and O–H groups in total. The summed E-state index contributed by atoms with van der Waals surface area (Å²) < 4.78 is 0. The van der Waals surface area contributed by atoms with E-state index < -0.39 is 24.4 Å². The van der Waals surface area contributed by atoms with Gasteiger partial charge in [0.2, 0.25) is 0 Å². The zero-order valence-corrected chi connectivity index (χ0v) is 10.5. The van der Waals surface area contributed by atoms with Gasteiger partial charge in [-0.15, -0.1) is 0 Å². The Morgan fingerprint density at radius 2 is 1.41 bits per heavy atom. The van der Waals surface area contributed by atoms with Crippen LogP contribution in [0, 0.1) is 0 Å². The molecule has 0 radical (unpaired) electrons. The summed E-state index contributed by atoms with van der Waals surface area (Å²) in [6.07, 6.45) is 2.68. The molecule has 0 aromatic heterocycles. The molecular weight excluding hydrogens is 224 g/mol. The van der Waals surface area contributed by atoms with Crippen LogP contribution in [-0.4, -0.2) is 56.6 Å². The van der Waals surface area contributed by atoms with Crippen LogP contribution in [0.4, 0.5) is 0 Å². The van der Waals surface area contributed by atoms with Crippen molar-refractivity contribution < 1.29 is 25.5 Å². The van der Waals surface area contributed by atoms with Crippen molar-refractivity contribution in [2.45, 2.75) is 69.9 Å². The maximum Gasteiger partial charge on any atom is 0.103 e. The molecular formula is C12H26O5. The smallest absolute Gasteiger partial charge is 0.103 e. The first-order valence-electron chi connectivity index (χ1n) is 6.36. The summed E-state index contributed by atoms with van der Waals surface area (Å²) in [4.78, 5) is 0. The second-order valence-corrected chi connectivity index (χ2v) is 4.50. The van der Waals surface area contributed by atoms with Crippen molar-refractivity contribution in [3.8, 4) is 0 Å². The standard InChI is InChI=1S/C7H14O2.C5H12O3/c8-6-4-2-1-3-5-7(6)9;1-2-4(7)5(8)3-6/h6-9H,1-5H2;4-8H,2-3H2,1H3. The van der Waals surface area contributed by atoms with Crippen LogP contribution < -0.4 is 0 Å².